The number of carboxylic acids is 1. The highest BCUT2D eigenvalue weighted by atomic mass is 16.4. The van der Waals surface area contributed by atoms with Crippen molar-refractivity contribution in [3.8, 4) is 0 Å². The molecule has 106 valence electrons. The molecule has 2 rings (SSSR count). The molecule has 0 spiro atoms. The summed E-state index contributed by atoms with van der Waals surface area (Å²) in [5, 5.41) is 10.1. The van der Waals surface area contributed by atoms with Gasteiger partial charge in [-0.3, -0.25) is 9.78 Å². The van der Waals surface area contributed by atoms with Crippen molar-refractivity contribution in [2.24, 2.45) is 5.92 Å². The van der Waals surface area contributed by atoms with Crippen LogP contribution < -0.4 is 0 Å². The Morgan fingerprint density at radius 2 is 2.10 bits per heavy atom. The number of benzene rings is 1. The van der Waals surface area contributed by atoms with Crippen molar-refractivity contribution < 1.29 is 9.90 Å². The fourth-order valence-electron chi connectivity index (χ4n) is 2.43. The lowest BCUT2D eigenvalue weighted by Gasteiger charge is -2.20. The maximum absolute atomic E-state index is 10.9. The van der Waals surface area contributed by atoms with Crippen LogP contribution in [0.3, 0.4) is 0 Å². The summed E-state index contributed by atoms with van der Waals surface area (Å²) in [4.78, 5) is 17.5. The van der Waals surface area contributed by atoms with E-state index in [1.807, 2.05) is 37.1 Å². The van der Waals surface area contributed by atoms with Crippen LogP contribution in [0.2, 0.25) is 0 Å². The number of aliphatic carboxylic acids is 1. The van der Waals surface area contributed by atoms with E-state index in [0.717, 1.165) is 23.1 Å². The molecular weight excluding hydrogens is 252 g/mol. The van der Waals surface area contributed by atoms with E-state index in [0.29, 0.717) is 6.54 Å². The van der Waals surface area contributed by atoms with Gasteiger partial charge in [-0.15, -0.1) is 0 Å². The van der Waals surface area contributed by atoms with Crippen molar-refractivity contribution >= 4 is 16.9 Å². The lowest BCUT2D eigenvalue weighted by Crippen LogP contribution is -2.28. The highest BCUT2D eigenvalue weighted by Gasteiger charge is 2.14. The first-order valence-electron chi connectivity index (χ1n) is 6.74. The van der Waals surface area contributed by atoms with E-state index in [9.17, 15) is 4.79 Å². The van der Waals surface area contributed by atoms with Crippen LogP contribution in [0, 0.1) is 12.8 Å². The molecule has 4 heteroatoms. The molecule has 20 heavy (non-hydrogen) atoms. The van der Waals surface area contributed by atoms with Crippen LogP contribution in [0.5, 0.6) is 0 Å². The van der Waals surface area contributed by atoms with Gasteiger partial charge in [-0.2, -0.15) is 0 Å². The minimum Gasteiger partial charge on any atom is -0.481 e. The first-order chi connectivity index (χ1) is 9.47. The van der Waals surface area contributed by atoms with Gasteiger partial charge in [0.2, 0.25) is 0 Å². The molecule has 0 saturated heterocycles. The fraction of sp³-hybridized carbons (Fsp3) is 0.375. The Labute approximate surface area is 119 Å². The van der Waals surface area contributed by atoms with Crippen molar-refractivity contribution in [3.63, 3.8) is 0 Å². The SMILES string of the molecule is Cc1cc(CN(C)CC(C)C(=O)O)c2ccccc2n1. The summed E-state index contributed by atoms with van der Waals surface area (Å²) in [7, 11) is 1.95. The maximum atomic E-state index is 10.9. The Bertz CT molecular complexity index is 625. The van der Waals surface area contributed by atoms with E-state index in [-0.39, 0.29) is 5.92 Å². The molecule has 0 fully saturated rings. The fourth-order valence-corrected chi connectivity index (χ4v) is 2.43. The first kappa shape index (κ1) is 14.5. The van der Waals surface area contributed by atoms with Crippen LogP contribution in [-0.2, 0) is 11.3 Å². The third-order valence-electron chi connectivity index (χ3n) is 3.38. The average molecular weight is 272 g/mol. The Morgan fingerprint density at radius 3 is 2.80 bits per heavy atom. The van der Waals surface area contributed by atoms with Crippen molar-refractivity contribution in [2.75, 3.05) is 13.6 Å². The molecule has 0 radical (unpaired) electrons. The molecule has 0 aliphatic rings. The summed E-state index contributed by atoms with van der Waals surface area (Å²) in [5.41, 5.74) is 3.16. The normalized spacial score (nSPS) is 12.8. The molecule has 2 aromatic rings. The van der Waals surface area contributed by atoms with Crippen molar-refractivity contribution in [3.05, 3.63) is 41.6 Å². The molecule has 0 aliphatic heterocycles. The van der Waals surface area contributed by atoms with E-state index < -0.39 is 5.97 Å². The van der Waals surface area contributed by atoms with Gasteiger partial charge >= 0.3 is 5.97 Å². The van der Waals surface area contributed by atoms with Gasteiger partial charge in [0.25, 0.3) is 0 Å². The molecule has 1 unspecified atom stereocenters. The molecule has 0 bridgehead atoms. The van der Waals surface area contributed by atoms with Gasteiger partial charge in [-0.1, -0.05) is 25.1 Å². The summed E-state index contributed by atoms with van der Waals surface area (Å²) >= 11 is 0. The summed E-state index contributed by atoms with van der Waals surface area (Å²) < 4.78 is 0. The van der Waals surface area contributed by atoms with Crippen molar-refractivity contribution in [2.45, 2.75) is 20.4 Å². The molecule has 1 atom stereocenters. The van der Waals surface area contributed by atoms with Gasteiger partial charge in [0.1, 0.15) is 0 Å². The van der Waals surface area contributed by atoms with Crippen LogP contribution in [0.25, 0.3) is 10.9 Å². The second kappa shape index (κ2) is 6.01. The summed E-state index contributed by atoms with van der Waals surface area (Å²) in [6, 6.07) is 10.1. The van der Waals surface area contributed by atoms with E-state index in [4.69, 9.17) is 5.11 Å². The number of rotatable bonds is 5. The number of carboxylic acid groups (broad SMARTS) is 1. The Balaban J connectivity index is 2.23. The molecule has 0 amide bonds. The van der Waals surface area contributed by atoms with E-state index in [1.54, 1.807) is 6.92 Å². The Morgan fingerprint density at radius 1 is 1.40 bits per heavy atom. The lowest BCUT2D eigenvalue weighted by molar-refractivity contribution is -0.141. The monoisotopic (exact) mass is 272 g/mol. The number of fused-ring (bicyclic) bond motifs is 1. The number of aromatic nitrogens is 1. The van der Waals surface area contributed by atoms with E-state index in [2.05, 4.69) is 17.1 Å². The number of carbonyl (C=O) groups is 1. The van der Waals surface area contributed by atoms with Gasteiger partial charge in [0.15, 0.2) is 0 Å². The van der Waals surface area contributed by atoms with Crippen LogP contribution in [0.1, 0.15) is 18.2 Å². The second-order valence-electron chi connectivity index (χ2n) is 5.38. The number of aryl methyl sites for hydroxylation is 1. The van der Waals surface area contributed by atoms with Gasteiger partial charge in [-0.25, -0.2) is 0 Å². The van der Waals surface area contributed by atoms with Gasteiger partial charge in [-0.05, 0) is 31.7 Å². The van der Waals surface area contributed by atoms with Crippen molar-refractivity contribution in [1.29, 1.82) is 0 Å². The van der Waals surface area contributed by atoms with Gasteiger partial charge in [0, 0.05) is 24.2 Å². The third-order valence-corrected chi connectivity index (χ3v) is 3.38. The second-order valence-corrected chi connectivity index (χ2v) is 5.38. The quantitative estimate of drug-likeness (QED) is 0.909. The Kier molecular flexibility index (Phi) is 4.35. The predicted molar refractivity (Wildman–Crippen MR) is 79.6 cm³/mol. The molecular formula is C16H20N2O2. The topological polar surface area (TPSA) is 53.4 Å². The van der Waals surface area contributed by atoms with Gasteiger partial charge in [0.05, 0.1) is 11.4 Å². The summed E-state index contributed by atoms with van der Waals surface area (Å²) in [5.74, 6) is -1.12. The zero-order valence-corrected chi connectivity index (χ0v) is 12.1. The maximum Gasteiger partial charge on any atom is 0.307 e. The highest BCUT2D eigenvalue weighted by Crippen LogP contribution is 2.19. The minimum atomic E-state index is -0.757. The largest absolute Gasteiger partial charge is 0.481 e. The molecule has 0 saturated carbocycles. The summed E-state index contributed by atoms with van der Waals surface area (Å²) in [6.45, 7) is 4.97. The van der Waals surface area contributed by atoms with Crippen LogP contribution in [-0.4, -0.2) is 34.6 Å². The third kappa shape index (κ3) is 3.33. The molecule has 1 aromatic heterocycles. The average Bonchev–Trinajstić information content (AvgIpc) is 2.38. The zero-order chi connectivity index (χ0) is 14.7. The van der Waals surface area contributed by atoms with Crippen molar-refractivity contribution in [1.82, 2.24) is 9.88 Å². The first-order valence-corrected chi connectivity index (χ1v) is 6.74. The highest BCUT2D eigenvalue weighted by molar-refractivity contribution is 5.82. The molecule has 4 nitrogen and oxygen atoms in total. The Hall–Kier alpha value is -1.94. The van der Waals surface area contributed by atoms with E-state index >= 15 is 0 Å². The lowest BCUT2D eigenvalue weighted by atomic mass is 10.1. The number of hydrogen-bond acceptors (Lipinski definition) is 3. The predicted octanol–water partition coefficient (Wildman–Crippen LogP) is 2.70. The number of pyridine rings is 1. The number of hydrogen-bond donors (Lipinski definition) is 1. The number of nitrogens with zero attached hydrogens (tertiary/aromatic N) is 2. The van der Waals surface area contributed by atoms with Gasteiger partial charge < -0.3 is 10.0 Å². The van der Waals surface area contributed by atoms with Crippen LogP contribution in [0.4, 0.5) is 0 Å². The molecule has 1 aromatic carbocycles. The zero-order valence-electron chi connectivity index (χ0n) is 12.1. The van der Waals surface area contributed by atoms with E-state index in [1.165, 1.54) is 5.56 Å². The molecule has 1 heterocycles. The van der Waals surface area contributed by atoms with Crippen LogP contribution >= 0.6 is 0 Å². The summed E-state index contributed by atoms with van der Waals surface area (Å²) in [6.07, 6.45) is 0. The smallest absolute Gasteiger partial charge is 0.307 e. The molecule has 0 aliphatic carbocycles. The molecule has 1 N–H and O–H groups in total. The standard InChI is InChI=1S/C16H20N2O2/c1-11(16(19)20)9-18(3)10-13-8-12(2)17-15-7-5-4-6-14(13)15/h4-8,11H,9-10H2,1-3H3,(H,19,20). The van der Waals surface area contributed by atoms with Crippen LogP contribution in [0.15, 0.2) is 30.3 Å². The number of para-hydroxylation sites is 1. The minimum absolute atomic E-state index is 0.366.